The lowest BCUT2D eigenvalue weighted by Crippen LogP contribution is -2.34. The Balaban J connectivity index is 2.22. The van der Waals surface area contributed by atoms with Crippen LogP contribution in [-0.2, 0) is 4.79 Å². The van der Waals surface area contributed by atoms with Gasteiger partial charge in [0, 0.05) is 13.0 Å². The Morgan fingerprint density at radius 1 is 1.67 bits per heavy atom. The van der Waals surface area contributed by atoms with Gasteiger partial charge < -0.3 is 10.6 Å². The van der Waals surface area contributed by atoms with E-state index in [9.17, 15) is 4.79 Å². The van der Waals surface area contributed by atoms with Crippen LogP contribution < -0.4 is 10.6 Å². The molecule has 0 aliphatic carbocycles. The molecule has 0 radical (unpaired) electrons. The number of rotatable bonds is 4. The van der Waals surface area contributed by atoms with Gasteiger partial charge in [-0.3, -0.25) is 4.79 Å². The van der Waals surface area contributed by atoms with E-state index in [0.29, 0.717) is 18.9 Å². The molecule has 0 bridgehead atoms. The molecule has 0 aromatic rings. The number of amides is 1. The predicted molar refractivity (Wildman–Crippen MR) is 58.0 cm³/mol. The Bertz CT molecular complexity index is 261. The largest absolute Gasteiger partial charge is 0.355 e. The molecule has 4 heteroatoms. The van der Waals surface area contributed by atoms with Crippen molar-refractivity contribution in [3.05, 3.63) is 0 Å². The zero-order chi connectivity index (χ0) is 11.3. The lowest BCUT2D eigenvalue weighted by molar-refractivity contribution is -0.122. The van der Waals surface area contributed by atoms with Crippen molar-refractivity contribution in [3.8, 4) is 6.07 Å². The third-order valence-corrected chi connectivity index (χ3v) is 2.67. The summed E-state index contributed by atoms with van der Waals surface area (Å²) in [5, 5.41) is 14.8. The van der Waals surface area contributed by atoms with E-state index in [2.05, 4.69) is 16.7 Å². The van der Waals surface area contributed by atoms with Crippen molar-refractivity contribution >= 4 is 5.91 Å². The number of nitrogens with zero attached hydrogens (tertiary/aromatic N) is 1. The highest BCUT2D eigenvalue weighted by atomic mass is 16.1. The van der Waals surface area contributed by atoms with Crippen molar-refractivity contribution < 1.29 is 4.79 Å². The van der Waals surface area contributed by atoms with Crippen molar-refractivity contribution in [2.75, 3.05) is 19.6 Å². The average Bonchev–Trinajstić information content (AvgIpc) is 2.68. The van der Waals surface area contributed by atoms with Gasteiger partial charge in [0.1, 0.15) is 0 Å². The van der Waals surface area contributed by atoms with Crippen molar-refractivity contribution in [1.82, 2.24) is 10.6 Å². The molecule has 0 spiro atoms. The van der Waals surface area contributed by atoms with Crippen molar-refractivity contribution in [2.45, 2.75) is 26.7 Å². The van der Waals surface area contributed by atoms with Gasteiger partial charge in [0.2, 0.25) is 5.91 Å². The van der Waals surface area contributed by atoms with Gasteiger partial charge in [-0.25, -0.2) is 0 Å². The summed E-state index contributed by atoms with van der Waals surface area (Å²) in [4.78, 5) is 11.5. The summed E-state index contributed by atoms with van der Waals surface area (Å²) in [5.41, 5.74) is -0.469. The van der Waals surface area contributed by atoms with Crippen molar-refractivity contribution in [2.24, 2.45) is 11.3 Å². The molecule has 4 nitrogen and oxygen atoms in total. The summed E-state index contributed by atoms with van der Waals surface area (Å²) < 4.78 is 0. The van der Waals surface area contributed by atoms with E-state index in [4.69, 9.17) is 5.26 Å². The summed E-state index contributed by atoms with van der Waals surface area (Å²) in [5.74, 6) is 0.530. The molecule has 1 rings (SSSR count). The molecule has 15 heavy (non-hydrogen) atoms. The second-order valence-corrected chi connectivity index (χ2v) is 4.84. The Morgan fingerprint density at radius 3 is 2.93 bits per heavy atom. The smallest absolute Gasteiger partial charge is 0.220 e. The summed E-state index contributed by atoms with van der Waals surface area (Å²) >= 11 is 0. The van der Waals surface area contributed by atoms with Gasteiger partial charge in [-0.2, -0.15) is 5.26 Å². The molecule has 1 aliphatic rings. The molecule has 0 aromatic carbocycles. The molecular weight excluding hydrogens is 190 g/mol. The van der Waals surface area contributed by atoms with E-state index in [1.807, 2.05) is 13.8 Å². The second-order valence-electron chi connectivity index (χ2n) is 4.84. The highest BCUT2D eigenvalue weighted by Crippen LogP contribution is 2.13. The summed E-state index contributed by atoms with van der Waals surface area (Å²) in [6.45, 7) is 6.04. The molecule has 1 heterocycles. The molecule has 2 N–H and O–H groups in total. The van der Waals surface area contributed by atoms with Gasteiger partial charge in [-0.15, -0.1) is 0 Å². The zero-order valence-corrected chi connectivity index (χ0v) is 9.47. The first-order valence-electron chi connectivity index (χ1n) is 5.42. The second kappa shape index (κ2) is 5.13. The maximum absolute atomic E-state index is 11.5. The van der Waals surface area contributed by atoms with Crippen LogP contribution in [0.15, 0.2) is 0 Å². The van der Waals surface area contributed by atoms with Crippen LogP contribution in [0.2, 0.25) is 0 Å². The number of nitrogens with one attached hydrogen (secondary N) is 2. The van der Waals surface area contributed by atoms with Crippen molar-refractivity contribution in [3.63, 3.8) is 0 Å². The highest BCUT2D eigenvalue weighted by Gasteiger charge is 2.21. The van der Waals surface area contributed by atoms with Crippen LogP contribution in [0.25, 0.3) is 0 Å². The van der Waals surface area contributed by atoms with Crippen LogP contribution >= 0.6 is 0 Å². The minimum Gasteiger partial charge on any atom is -0.355 e. The first-order chi connectivity index (χ1) is 7.03. The monoisotopic (exact) mass is 209 g/mol. The fourth-order valence-corrected chi connectivity index (χ4v) is 1.58. The van der Waals surface area contributed by atoms with Gasteiger partial charge >= 0.3 is 0 Å². The number of carbonyl (C=O) groups is 1. The molecule has 84 valence electrons. The Hall–Kier alpha value is -1.08. The quantitative estimate of drug-likeness (QED) is 0.714. The van der Waals surface area contributed by atoms with E-state index in [1.165, 1.54) is 0 Å². The first kappa shape index (κ1) is 12.0. The van der Waals surface area contributed by atoms with E-state index in [-0.39, 0.29) is 5.91 Å². The zero-order valence-electron chi connectivity index (χ0n) is 9.47. The molecule has 0 saturated carbocycles. The maximum Gasteiger partial charge on any atom is 0.220 e. The minimum atomic E-state index is -0.469. The fraction of sp³-hybridized carbons (Fsp3) is 0.818. The van der Waals surface area contributed by atoms with Crippen LogP contribution in [0.1, 0.15) is 26.7 Å². The third-order valence-electron chi connectivity index (χ3n) is 2.67. The van der Waals surface area contributed by atoms with Gasteiger partial charge in [0.15, 0.2) is 0 Å². The lowest BCUT2D eigenvalue weighted by Gasteiger charge is -2.16. The maximum atomic E-state index is 11.5. The minimum absolute atomic E-state index is 0.0621. The van der Waals surface area contributed by atoms with Crippen LogP contribution in [0, 0.1) is 22.7 Å². The van der Waals surface area contributed by atoms with Crippen LogP contribution in [-0.4, -0.2) is 25.5 Å². The van der Waals surface area contributed by atoms with E-state index in [0.717, 1.165) is 19.5 Å². The molecular formula is C11H19N3O. The summed E-state index contributed by atoms with van der Waals surface area (Å²) in [6, 6.07) is 2.16. The predicted octanol–water partition coefficient (Wildman–Crippen LogP) is 0.652. The molecule has 1 fully saturated rings. The van der Waals surface area contributed by atoms with E-state index < -0.39 is 5.41 Å². The SMILES string of the molecule is CC(C)(C#N)CNC(=O)CC1CCNC1. The molecule has 1 amide bonds. The van der Waals surface area contributed by atoms with Gasteiger partial charge in [0.25, 0.3) is 0 Å². The van der Waals surface area contributed by atoms with Crippen molar-refractivity contribution in [1.29, 1.82) is 5.26 Å². The average molecular weight is 209 g/mol. The van der Waals surface area contributed by atoms with Gasteiger partial charge in [0.05, 0.1) is 11.5 Å². The standard InChI is InChI=1S/C11H19N3O/c1-11(2,7-12)8-14-10(15)5-9-3-4-13-6-9/h9,13H,3-6,8H2,1-2H3,(H,14,15). The molecule has 1 aliphatic heterocycles. The highest BCUT2D eigenvalue weighted by molar-refractivity contribution is 5.76. The molecule has 1 unspecified atom stereocenters. The van der Waals surface area contributed by atoms with E-state index in [1.54, 1.807) is 0 Å². The number of hydrogen-bond donors (Lipinski definition) is 2. The van der Waals surface area contributed by atoms with Crippen LogP contribution in [0.3, 0.4) is 0 Å². The fourth-order valence-electron chi connectivity index (χ4n) is 1.58. The van der Waals surface area contributed by atoms with Gasteiger partial charge in [-0.05, 0) is 39.3 Å². The molecule has 1 atom stereocenters. The number of nitriles is 1. The Morgan fingerprint density at radius 2 is 2.40 bits per heavy atom. The molecule has 1 saturated heterocycles. The lowest BCUT2D eigenvalue weighted by atomic mass is 9.95. The first-order valence-corrected chi connectivity index (χ1v) is 5.42. The normalized spacial score (nSPS) is 21.0. The van der Waals surface area contributed by atoms with Crippen LogP contribution in [0.4, 0.5) is 0 Å². The van der Waals surface area contributed by atoms with Gasteiger partial charge in [-0.1, -0.05) is 0 Å². The Labute approximate surface area is 91.0 Å². The molecule has 0 aromatic heterocycles. The Kier molecular flexibility index (Phi) is 4.10. The summed E-state index contributed by atoms with van der Waals surface area (Å²) in [6.07, 6.45) is 1.66. The third kappa shape index (κ3) is 4.30. The number of hydrogen-bond acceptors (Lipinski definition) is 3. The topological polar surface area (TPSA) is 64.9 Å². The summed E-state index contributed by atoms with van der Waals surface area (Å²) in [7, 11) is 0. The van der Waals surface area contributed by atoms with Crippen LogP contribution in [0.5, 0.6) is 0 Å². The number of carbonyl (C=O) groups excluding carboxylic acids is 1. The van der Waals surface area contributed by atoms with E-state index >= 15 is 0 Å².